The average Bonchev–Trinajstić information content (AvgIpc) is 3.03. The normalized spacial score (nSPS) is 13.1. The first kappa shape index (κ1) is 21.5. The van der Waals surface area contributed by atoms with Gasteiger partial charge in [-0.15, -0.1) is 24.0 Å². The van der Waals surface area contributed by atoms with Crippen molar-refractivity contribution >= 4 is 29.9 Å². The number of nitrogens with zero attached hydrogens (tertiary/aromatic N) is 2. The summed E-state index contributed by atoms with van der Waals surface area (Å²) in [7, 11) is 0. The van der Waals surface area contributed by atoms with Crippen molar-refractivity contribution in [3.63, 3.8) is 0 Å². The molecule has 0 saturated heterocycles. The highest BCUT2D eigenvalue weighted by atomic mass is 127. The van der Waals surface area contributed by atoms with Crippen LogP contribution in [0.5, 0.6) is 0 Å². The number of oxazole rings is 1. The highest BCUT2D eigenvalue weighted by molar-refractivity contribution is 14.0. The lowest BCUT2D eigenvalue weighted by atomic mass is 9.94. The van der Waals surface area contributed by atoms with Gasteiger partial charge in [-0.25, -0.2) is 9.98 Å². The van der Waals surface area contributed by atoms with Crippen LogP contribution in [-0.2, 0) is 12.0 Å². The Balaban J connectivity index is 0.00000312. The minimum absolute atomic E-state index is 0. The first-order valence-electron chi connectivity index (χ1n) is 8.45. The van der Waals surface area contributed by atoms with Crippen LogP contribution in [-0.4, -0.2) is 17.5 Å². The highest BCUT2D eigenvalue weighted by Crippen LogP contribution is 2.22. The van der Waals surface area contributed by atoms with Crippen molar-refractivity contribution in [3.05, 3.63) is 53.7 Å². The van der Waals surface area contributed by atoms with Crippen LogP contribution < -0.4 is 10.6 Å². The van der Waals surface area contributed by atoms with Crippen LogP contribution in [0.3, 0.4) is 0 Å². The van der Waals surface area contributed by atoms with E-state index in [4.69, 9.17) is 4.42 Å². The van der Waals surface area contributed by atoms with Crippen LogP contribution >= 0.6 is 24.0 Å². The molecule has 5 nitrogen and oxygen atoms in total. The minimum Gasteiger partial charge on any atom is -0.443 e. The van der Waals surface area contributed by atoms with E-state index in [0.29, 0.717) is 12.4 Å². The summed E-state index contributed by atoms with van der Waals surface area (Å²) in [5.74, 6) is 2.26. The average molecular weight is 456 g/mol. The molecule has 0 amide bonds. The molecule has 2 aromatic rings. The van der Waals surface area contributed by atoms with Gasteiger partial charge < -0.3 is 15.1 Å². The van der Waals surface area contributed by atoms with Gasteiger partial charge in [0.25, 0.3) is 0 Å². The van der Waals surface area contributed by atoms with Crippen molar-refractivity contribution in [2.45, 2.75) is 52.6 Å². The summed E-state index contributed by atoms with van der Waals surface area (Å²) in [5.41, 5.74) is 1.17. The Kier molecular flexibility index (Phi) is 8.41. The van der Waals surface area contributed by atoms with Crippen LogP contribution in [0.15, 0.2) is 45.9 Å². The molecule has 0 fully saturated rings. The summed E-state index contributed by atoms with van der Waals surface area (Å²) < 4.78 is 5.79. The molecule has 0 saturated carbocycles. The third-order valence-corrected chi connectivity index (χ3v) is 3.66. The van der Waals surface area contributed by atoms with E-state index in [1.54, 1.807) is 6.20 Å². The Morgan fingerprint density at radius 3 is 2.48 bits per heavy atom. The van der Waals surface area contributed by atoms with Crippen LogP contribution in [0.4, 0.5) is 0 Å². The van der Waals surface area contributed by atoms with Gasteiger partial charge in [0, 0.05) is 12.0 Å². The molecule has 1 heterocycles. The third-order valence-electron chi connectivity index (χ3n) is 3.66. The Hall–Kier alpha value is -1.57. The zero-order valence-corrected chi connectivity index (χ0v) is 18.0. The molecule has 1 unspecified atom stereocenters. The Morgan fingerprint density at radius 2 is 1.92 bits per heavy atom. The molecule has 1 aromatic carbocycles. The fourth-order valence-electron chi connectivity index (χ4n) is 2.23. The van der Waals surface area contributed by atoms with E-state index < -0.39 is 0 Å². The van der Waals surface area contributed by atoms with E-state index in [9.17, 15) is 0 Å². The van der Waals surface area contributed by atoms with Gasteiger partial charge in [-0.2, -0.15) is 0 Å². The van der Waals surface area contributed by atoms with Crippen molar-refractivity contribution in [1.29, 1.82) is 0 Å². The summed E-state index contributed by atoms with van der Waals surface area (Å²) in [6.07, 6.45) is 1.79. The summed E-state index contributed by atoms with van der Waals surface area (Å²) in [4.78, 5) is 8.91. The van der Waals surface area contributed by atoms with E-state index in [2.05, 4.69) is 60.4 Å². The molecule has 0 bridgehead atoms. The minimum atomic E-state index is -0.0421. The number of benzene rings is 1. The Bertz CT molecular complexity index is 662. The maximum absolute atomic E-state index is 5.79. The van der Waals surface area contributed by atoms with Gasteiger partial charge in [0.2, 0.25) is 5.89 Å². The molecule has 2 N–H and O–H groups in total. The molecule has 25 heavy (non-hydrogen) atoms. The summed E-state index contributed by atoms with van der Waals surface area (Å²) in [6, 6.07) is 10.5. The number of nitrogens with one attached hydrogen (secondary N) is 2. The molecule has 2 rings (SSSR count). The van der Waals surface area contributed by atoms with E-state index in [1.165, 1.54) is 5.56 Å². The lowest BCUT2D eigenvalue weighted by molar-refractivity contribution is 0.383. The van der Waals surface area contributed by atoms with Crippen LogP contribution in [0.2, 0.25) is 0 Å². The number of aromatic nitrogens is 1. The van der Waals surface area contributed by atoms with Crippen molar-refractivity contribution < 1.29 is 4.42 Å². The van der Waals surface area contributed by atoms with E-state index >= 15 is 0 Å². The Labute approximate surface area is 167 Å². The highest BCUT2D eigenvalue weighted by Gasteiger charge is 2.19. The van der Waals surface area contributed by atoms with Crippen molar-refractivity contribution in [3.8, 4) is 0 Å². The molecule has 0 spiro atoms. The molecule has 6 heteroatoms. The van der Waals surface area contributed by atoms with Crippen molar-refractivity contribution in [2.24, 2.45) is 4.99 Å². The SMILES string of the molecule is CCNC(=NCc1ncc(C(C)(C)C)o1)NC(C)c1ccccc1.I. The fraction of sp³-hybridized carbons (Fsp3) is 0.474. The van der Waals surface area contributed by atoms with E-state index in [-0.39, 0.29) is 35.4 Å². The second-order valence-corrected chi connectivity index (χ2v) is 6.84. The van der Waals surface area contributed by atoms with Gasteiger partial charge in [-0.1, -0.05) is 51.1 Å². The second-order valence-electron chi connectivity index (χ2n) is 6.84. The predicted molar refractivity (Wildman–Crippen MR) is 113 cm³/mol. The maximum atomic E-state index is 5.79. The molecule has 0 aliphatic rings. The zero-order valence-electron chi connectivity index (χ0n) is 15.7. The third kappa shape index (κ3) is 6.68. The molecule has 0 radical (unpaired) electrons. The zero-order chi connectivity index (χ0) is 17.6. The van der Waals surface area contributed by atoms with E-state index in [0.717, 1.165) is 18.3 Å². The monoisotopic (exact) mass is 456 g/mol. The Morgan fingerprint density at radius 1 is 1.24 bits per heavy atom. The van der Waals surface area contributed by atoms with Crippen LogP contribution in [0, 0.1) is 0 Å². The van der Waals surface area contributed by atoms with Gasteiger partial charge in [-0.05, 0) is 19.4 Å². The lowest BCUT2D eigenvalue weighted by Crippen LogP contribution is -2.38. The smallest absolute Gasteiger partial charge is 0.216 e. The molecule has 0 aliphatic heterocycles. The molecular formula is C19H29IN4O. The van der Waals surface area contributed by atoms with Crippen molar-refractivity contribution in [2.75, 3.05) is 6.54 Å². The topological polar surface area (TPSA) is 62.5 Å². The number of hydrogen-bond acceptors (Lipinski definition) is 3. The number of rotatable bonds is 5. The predicted octanol–water partition coefficient (Wildman–Crippen LogP) is 4.41. The van der Waals surface area contributed by atoms with Gasteiger partial charge >= 0.3 is 0 Å². The standard InChI is InChI=1S/C19H28N4O.HI/c1-6-20-18(23-14(2)15-10-8-7-9-11-15)22-13-17-21-12-16(24-17)19(3,4)5;/h7-12,14H,6,13H2,1-5H3,(H2,20,22,23);1H. The van der Waals surface area contributed by atoms with Gasteiger partial charge in [-0.3, -0.25) is 0 Å². The molecule has 1 aromatic heterocycles. The molecule has 138 valence electrons. The lowest BCUT2D eigenvalue weighted by Gasteiger charge is -2.18. The fourth-order valence-corrected chi connectivity index (χ4v) is 2.23. The van der Waals surface area contributed by atoms with Crippen LogP contribution in [0.1, 0.15) is 57.9 Å². The van der Waals surface area contributed by atoms with Gasteiger partial charge in [0.1, 0.15) is 12.3 Å². The van der Waals surface area contributed by atoms with Crippen molar-refractivity contribution in [1.82, 2.24) is 15.6 Å². The largest absolute Gasteiger partial charge is 0.443 e. The molecule has 0 aliphatic carbocycles. The second kappa shape index (κ2) is 9.79. The number of aliphatic imine (C=N–C) groups is 1. The van der Waals surface area contributed by atoms with Gasteiger partial charge in [0.15, 0.2) is 5.96 Å². The van der Waals surface area contributed by atoms with Gasteiger partial charge in [0.05, 0.1) is 12.2 Å². The number of guanidine groups is 1. The molecular weight excluding hydrogens is 427 g/mol. The summed E-state index contributed by atoms with van der Waals surface area (Å²) in [6.45, 7) is 11.7. The number of hydrogen-bond donors (Lipinski definition) is 2. The summed E-state index contributed by atoms with van der Waals surface area (Å²) >= 11 is 0. The first-order chi connectivity index (χ1) is 11.4. The van der Waals surface area contributed by atoms with Crippen LogP contribution in [0.25, 0.3) is 0 Å². The van der Waals surface area contributed by atoms with E-state index in [1.807, 2.05) is 25.1 Å². The number of halogens is 1. The maximum Gasteiger partial charge on any atom is 0.216 e. The summed E-state index contributed by atoms with van der Waals surface area (Å²) in [5, 5.41) is 6.67. The molecule has 1 atom stereocenters. The first-order valence-corrected chi connectivity index (χ1v) is 8.45. The quantitative estimate of drug-likeness (QED) is 0.398.